The van der Waals surface area contributed by atoms with Crippen molar-refractivity contribution in [2.45, 2.75) is 47.5 Å². The van der Waals surface area contributed by atoms with Gasteiger partial charge in [-0.3, -0.25) is 0 Å². The van der Waals surface area contributed by atoms with E-state index in [2.05, 4.69) is 82.8 Å². The van der Waals surface area contributed by atoms with Gasteiger partial charge in [-0.2, -0.15) is 0 Å². The van der Waals surface area contributed by atoms with Crippen LogP contribution in [0, 0.1) is 18.8 Å². The molecule has 0 unspecified atom stereocenters. The monoisotopic (exact) mass is 296 g/mol. The van der Waals surface area contributed by atoms with Gasteiger partial charge in [-0.25, -0.2) is 4.57 Å². The van der Waals surface area contributed by atoms with E-state index in [1.807, 2.05) is 0 Å². The van der Waals surface area contributed by atoms with Crippen molar-refractivity contribution >= 4 is 0 Å². The molecule has 22 heavy (non-hydrogen) atoms. The maximum atomic E-state index is 2.42. The number of hydrogen-bond donors (Lipinski definition) is 0. The Labute approximate surface area is 136 Å². The van der Waals surface area contributed by atoms with E-state index in [4.69, 9.17) is 0 Å². The van der Waals surface area contributed by atoms with Crippen molar-refractivity contribution in [2.24, 2.45) is 18.9 Å². The van der Waals surface area contributed by atoms with E-state index in [0.717, 1.165) is 12.8 Å². The summed E-state index contributed by atoms with van der Waals surface area (Å²) in [5, 5.41) is 0. The smallest absolute Gasteiger partial charge is 0.201 e. The van der Waals surface area contributed by atoms with Crippen LogP contribution in [0.2, 0.25) is 0 Å². The van der Waals surface area contributed by atoms with Crippen molar-refractivity contribution in [3.63, 3.8) is 0 Å². The highest BCUT2D eigenvalue weighted by Gasteiger charge is 2.18. The Hall–Kier alpha value is -1.63. The van der Waals surface area contributed by atoms with E-state index < -0.39 is 0 Å². The highest BCUT2D eigenvalue weighted by Crippen LogP contribution is 2.24. The molecule has 2 rings (SSSR count). The molecule has 0 saturated heterocycles. The Kier molecular flexibility index (Phi) is 5.39. The molecule has 0 spiro atoms. The first-order valence-electron chi connectivity index (χ1n) is 8.46. The lowest BCUT2D eigenvalue weighted by Crippen LogP contribution is -2.32. The standard InChI is InChI=1S/C21H30N/c1-15(2)11-18-13-21(20-10-8-7-9-17(20)5)22(6)14-19(18)12-16(3)4/h7-10,13-16H,11-12H2,1-6H3/q+1. The van der Waals surface area contributed by atoms with Crippen molar-refractivity contribution < 1.29 is 4.57 Å². The fourth-order valence-electron chi connectivity index (χ4n) is 3.13. The summed E-state index contributed by atoms with van der Waals surface area (Å²) in [6.07, 6.45) is 4.66. The van der Waals surface area contributed by atoms with E-state index >= 15 is 0 Å². The van der Waals surface area contributed by atoms with E-state index in [0.29, 0.717) is 11.8 Å². The second-order valence-corrected chi connectivity index (χ2v) is 7.33. The number of nitrogens with zero attached hydrogens (tertiary/aromatic N) is 1. The first kappa shape index (κ1) is 16.7. The Morgan fingerprint density at radius 1 is 0.909 bits per heavy atom. The van der Waals surface area contributed by atoms with Crippen LogP contribution < -0.4 is 4.57 Å². The van der Waals surface area contributed by atoms with Crippen LogP contribution >= 0.6 is 0 Å². The van der Waals surface area contributed by atoms with Crippen LogP contribution in [-0.4, -0.2) is 0 Å². The summed E-state index contributed by atoms with van der Waals surface area (Å²) in [4.78, 5) is 0. The van der Waals surface area contributed by atoms with Crippen LogP contribution in [0.5, 0.6) is 0 Å². The van der Waals surface area contributed by atoms with Crippen LogP contribution in [-0.2, 0) is 19.9 Å². The average Bonchev–Trinajstić information content (AvgIpc) is 2.41. The summed E-state index contributed by atoms with van der Waals surface area (Å²) in [6, 6.07) is 11.1. The van der Waals surface area contributed by atoms with Gasteiger partial charge in [0.15, 0.2) is 6.20 Å². The molecule has 1 aromatic heterocycles. The topological polar surface area (TPSA) is 3.88 Å². The zero-order chi connectivity index (χ0) is 16.3. The summed E-state index contributed by atoms with van der Waals surface area (Å²) in [7, 11) is 2.17. The van der Waals surface area contributed by atoms with Crippen LogP contribution in [0.15, 0.2) is 36.5 Å². The molecule has 0 aliphatic carbocycles. The van der Waals surface area contributed by atoms with Gasteiger partial charge in [0.05, 0.1) is 0 Å². The molecule has 0 radical (unpaired) electrons. The van der Waals surface area contributed by atoms with Crippen molar-refractivity contribution in [1.82, 2.24) is 0 Å². The Morgan fingerprint density at radius 2 is 1.50 bits per heavy atom. The van der Waals surface area contributed by atoms with Gasteiger partial charge < -0.3 is 0 Å². The molecule has 118 valence electrons. The fraction of sp³-hybridized carbons (Fsp3) is 0.476. The molecule has 0 amide bonds. The summed E-state index contributed by atoms with van der Waals surface area (Å²) in [5.41, 5.74) is 7.01. The highest BCUT2D eigenvalue weighted by molar-refractivity contribution is 5.61. The number of benzene rings is 1. The van der Waals surface area contributed by atoms with Crippen LogP contribution in [0.3, 0.4) is 0 Å². The molecule has 0 fully saturated rings. The Morgan fingerprint density at radius 3 is 2.09 bits per heavy atom. The molecule has 0 atom stereocenters. The van der Waals surface area contributed by atoms with Crippen LogP contribution in [0.1, 0.15) is 44.4 Å². The van der Waals surface area contributed by atoms with Gasteiger partial charge in [0.1, 0.15) is 7.05 Å². The first-order chi connectivity index (χ1) is 10.4. The fourth-order valence-corrected chi connectivity index (χ4v) is 3.13. The number of hydrogen-bond acceptors (Lipinski definition) is 0. The van der Waals surface area contributed by atoms with E-state index in [1.165, 1.54) is 27.9 Å². The summed E-state index contributed by atoms with van der Waals surface area (Å²) < 4.78 is 2.30. The maximum absolute atomic E-state index is 2.42. The van der Waals surface area contributed by atoms with Gasteiger partial charge >= 0.3 is 0 Å². The van der Waals surface area contributed by atoms with E-state index in [1.54, 1.807) is 0 Å². The van der Waals surface area contributed by atoms with Crippen LogP contribution in [0.4, 0.5) is 0 Å². The lowest BCUT2D eigenvalue weighted by Gasteiger charge is -2.14. The first-order valence-corrected chi connectivity index (χ1v) is 8.46. The van der Waals surface area contributed by atoms with Crippen LogP contribution in [0.25, 0.3) is 11.3 Å². The number of aromatic nitrogens is 1. The summed E-state index contributed by atoms with van der Waals surface area (Å²) in [6.45, 7) is 11.4. The molecule has 0 aliphatic heterocycles. The molecule has 2 aromatic rings. The van der Waals surface area contributed by atoms with Gasteiger partial charge in [-0.05, 0) is 48.8 Å². The lowest BCUT2D eigenvalue weighted by atomic mass is 9.92. The summed E-state index contributed by atoms with van der Waals surface area (Å²) in [5.74, 6) is 1.37. The maximum Gasteiger partial charge on any atom is 0.212 e. The Bertz CT molecular complexity index is 638. The van der Waals surface area contributed by atoms with Gasteiger partial charge in [0, 0.05) is 17.2 Å². The van der Waals surface area contributed by atoms with Crippen molar-refractivity contribution in [2.75, 3.05) is 0 Å². The molecule has 1 nitrogen and oxygen atoms in total. The SMILES string of the molecule is Cc1ccccc1-c1cc(CC(C)C)c(CC(C)C)c[n+]1C. The normalized spacial score (nSPS) is 11.5. The van der Waals surface area contributed by atoms with Crippen molar-refractivity contribution in [1.29, 1.82) is 0 Å². The molecule has 0 saturated carbocycles. The number of aryl methyl sites for hydroxylation is 2. The molecule has 0 N–H and O–H groups in total. The van der Waals surface area contributed by atoms with Gasteiger partial charge in [0.2, 0.25) is 5.69 Å². The molecule has 1 heterocycles. The second kappa shape index (κ2) is 7.09. The highest BCUT2D eigenvalue weighted by atomic mass is 14.9. The molecular formula is C21H30N+. The molecular weight excluding hydrogens is 266 g/mol. The minimum Gasteiger partial charge on any atom is -0.201 e. The summed E-state index contributed by atoms with van der Waals surface area (Å²) >= 11 is 0. The van der Waals surface area contributed by atoms with E-state index in [9.17, 15) is 0 Å². The zero-order valence-corrected chi connectivity index (χ0v) is 15.0. The minimum absolute atomic E-state index is 0.684. The third-order valence-corrected chi connectivity index (χ3v) is 4.13. The largest absolute Gasteiger partial charge is 0.212 e. The lowest BCUT2D eigenvalue weighted by molar-refractivity contribution is -0.660. The second-order valence-electron chi connectivity index (χ2n) is 7.33. The van der Waals surface area contributed by atoms with Gasteiger partial charge in [-0.1, -0.05) is 45.9 Å². The van der Waals surface area contributed by atoms with Crippen molar-refractivity contribution in [3.05, 3.63) is 53.2 Å². The third kappa shape index (κ3) is 3.97. The number of pyridine rings is 1. The molecule has 0 aliphatic rings. The van der Waals surface area contributed by atoms with Gasteiger partial charge in [-0.15, -0.1) is 0 Å². The molecule has 1 aromatic carbocycles. The third-order valence-electron chi connectivity index (χ3n) is 4.13. The predicted molar refractivity (Wildman–Crippen MR) is 94.9 cm³/mol. The number of rotatable bonds is 5. The quantitative estimate of drug-likeness (QED) is 0.692. The van der Waals surface area contributed by atoms with E-state index in [-0.39, 0.29) is 0 Å². The van der Waals surface area contributed by atoms with Crippen molar-refractivity contribution in [3.8, 4) is 11.3 Å². The Balaban J connectivity index is 2.54. The minimum atomic E-state index is 0.684. The molecule has 0 bridgehead atoms. The van der Waals surface area contributed by atoms with Gasteiger partial charge in [0.25, 0.3) is 0 Å². The predicted octanol–water partition coefficient (Wildman–Crippen LogP) is 4.88. The molecule has 1 heteroatoms. The zero-order valence-electron chi connectivity index (χ0n) is 15.0. The average molecular weight is 296 g/mol.